The van der Waals surface area contributed by atoms with E-state index >= 15 is 0 Å². The molecule has 0 aliphatic carbocycles. The number of hydrogen-bond donors (Lipinski definition) is 2. The second-order valence-electron chi connectivity index (χ2n) is 7.57. The Morgan fingerprint density at radius 1 is 1.16 bits per heavy atom. The van der Waals surface area contributed by atoms with E-state index in [-0.39, 0.29) is 18.3 Å². The lowest BCUT2D eigenvalue weighted by Gasteiger charge is -2.27. The number of hydrogen-bond acceptors (Lipinski definition) is 8. The van der Waals surface area contributed by atoms with Gasteiger partial charge in [0.1, 0.15) is 6.54 Å². The standard InChI is InChI=1S/C22H22N6O3S/c1-14-2-5-16(6-3-14)28-19(29)13-23-20(26-28)21(30)24-15-4-7-17-18(12-15)32-22(25-17)27-8-10-31-11-9-27/h2-7,12H,8-11,13H2,1H3,(H,23,26)(H,24,30). The van der Waals surface area contributed by atoms with Crippen molar-refractivity contribution in [2.45, 2.75) is 6.92 Å². The average Bonchev–Trinajstić information content (AvgIpc) is 3.24. The molecular weight excluding hydrogens is 428 g/mol. The summed E-state index contributed by atoms with van der Waals surface area (Å²) in [6.45, 7) is 4.93. The molecule has 10 heteroatoms. The van der Waals surface area contributed by atoms with E-state index in [2.05, 4.69) is 20.6 Å². The topological polar surface area (TPSA) is 99.2 Å². The van der Waals surface area contributed by atoms with Gasteiger partial charge in [-0.05, 0) is 37.3 Å². The first-order chi connectivity index (χ1) is 15.6. The average molecular weight is 451 g/mol. The fraction of sp³-hybridized carbons (Fsp3) is 0.273. The number of hydrazine groups is 1. The Morgan fingerprint density at radius 2 is 1.94 bits per heavy atom. The van der Waals surface area contributed by atoms with Crippen molar-refractivity contribution >= 4 is 55.7 Å². The number of amidine groups is 1. The van der Waals surface area contributed by atoms with Crippen LogP contribution in [0.2, 0.25) is 0 Å². The van der Waals surface area contributed by atoms with Crippen molar-refractivity contribution in [1.82, 2.24) is 10.4 Å². The number of aliphatic imine (C=N–C) groups is 1. The molecule has 2 amide bonds. The molecule has 1 aromatic heterocycles. The van der Waals surface area contributed by atoms with E-state index in [1.165, 1.54) is 5.01 Å². The molecule has 0 spiro atoms. The molecule has 2 aliphatic rings. The number of carbonyl (C=O) groups excluding carboxylic acids is 2. The Balaban J connectivity index is 1.30. The number of amides is 2. The lowest BCUT2D eigenvalue weighted by atomic mass is 10.2. The van der Waals surface area contributed by atoms with Crippen LogP contribution < -0.4 is 20.7 Å². The van der Waals surface area contributed by atoms with Gasteiger partial charge in [0.2, 0.25) is 5.84 Å². The maximum atomic E-state index is 12.8. The van der Waals surface area contributed by atoms with Crippen LogP contribution in [-0.4, -0.2) is 55.5 Å². The van der Waals surface area contributed by atoms with E-state index in [0.29, 0.717) is 24.6 Å². The molecule has 0 bridgehead atoms. The van der Waals surface area contributed by atoms with Crippen molar-refractivity contribution in [1.29, 1.82) is 0 Å². The zero-order valence-electron chi connectivity index (χ0n) is 17.5. The first-order valence-corrected chi connectivity index (χ1v) is 11.1. The van der Waals surface area contributed by atoms with E-state index < -0.39 is 5.91 Å². The first-order valence-electron chi connectivity index (χ1n) is 10.3. The predicted octanol–water partition coefficient (Wildman–Crippen LogP) is 2.33. The number of nitrogens with zero attached hydrogens (tertiary/aromatic N) is 4. The maximum Gasteiger partial charge on any atom is 0.292 e. The summed E-state index contributed by atoms with van der Waals surface area (Å²) >= 11 is 1.59. The third kappa shape index (κ3) is 4.14. The number of anilines is 3. The highest BCUT2D eigenvalue weighted by Gasteiger charge is 2.26. The van der Waals surface area contributed by atoms with Crippen molar-refractivity contribution in [2.24, 2.45) is 4.99 Å². The fourth-order valence-corrected chi connectivity index (χ4v) is 4.57. The van der Waals surface area contributed by atoms with E-state index in [9.17, 15) is 9.59 Å². The van der Waals surface area contributed by atoms with Crippen LogP contribution in [-0.2, 0) is 14.3 Å². The van der Waals surface area contributed by atoms with Crippen LogP contribution in [0.5, 0.6) is 0 Å². The van der Waals surface area contributed by atoms with E-state index in [0.717, 1.165) is 34.0 Å². The van der Waals surface area contributed by atoms with Gasteiger partial charge < -0.3 is 15.0 Å². The molecule has 32 heavy (non-hydrogen) atoms. The van der Waals surface area contributed by atoms with E-state index in [1.807, 2.05) is 49.4 Å². The predicted molar refractivity (Wildman–Crippen MR) is 125 cm³/mol. The molecule has 9 nitrogen and oxygen atoms in total. The maximum absolute atomic E-state index is 12.8. The Kier molecular flexibility index (Phi) is 5.46. The van der Waals surface area contributed by atoms with Crippen molar-refractivity contribution in [2.75, 3.05) is 48.1 Å². The number of nitrogens with one attached hydrogen (secondary N) is 2. The van der Waals surface area contributed by atoms with Crippen LogP contribution >= 0.6 is 11.3 Å². The van der Waals surface area contributed by atoms with Crippen LogP contribution in [0.4, 0.5) is 16.5 Å². The molecule has 0 atom stereocenters. The SMILES string of the molecule is Cc1ccc(N2NC(C(=O)Nc3ccc4nc(N5CCOCC5)sc4c3)=NCC2=O)cc1. The molecule has 3 heterocycles. The highest BCUT2D eigenvalue weighted by atomic mass is 32.1. The van der Waals surface area contributed by atoms with Gasteiger partial charge >= 0.3 is 0 Å². The zero-order valence-corrected chi connectivity index (χ0v) is 18.3. The smallest absolute Gasteiger partial charge is 0.292 e. The van der Waals surface area contributed by atoms with Gasteiger partial charge in [-0.25, -0.2) is 9.99 Å². The molecule has 0 unspecified atom stereocenters. The third-order valence-electron chi connectivity index (χ3n) is 5.26. The summed E-state index contributed by atoms with van der Waals surface area (Å²) in [7, 11) is 0. The number of rotatable bonds is 4. The second-order valence-corrected chi connectivity index (χ2v) is 8.58. The van der Waals surface area contributed by atoms with Crippen LogP contribution in [0.1, 0.15) is 5.56 Å². The van der Waals surface area contributed by atoms with E-state index in [1.54, 1.807) is 11.3 Å². The van der Waals surface area contributed by atoms with Crippen molar-refractivity contribution in [3.63, 3.8) is 0 Å². The molecule has 164 valence electrons. The minimum Gasteiger partial charge on any atom is -0.378 e. The summed E-state index contributed by atoms with van der Waals surface area (Å²) in [6, 6.07) is 13.1. The van der Waals surface area contributed by atoms with Gasteiger partial charge in [0.25, 0.3) is 11.8 Å². The van der Waals surface area contributed by atoms with Crippen molar-refractivity contribution in [3.05, 3.63) is 48.0 Å². The monoisotopic (exact) mass is 450 g/mol. The van der Waals surface area contributed by atoms with Crippen LogP contribution in [0.25, 0.3) is 10.2 Å². The molecule has 1 fully saturated rings. The number of ether oxygens (including phenoxy) is 1. The molecule has 0 radical (unpaired) electrons. The van der Waals surface area contributed by atoms with Crippen molar-refractivity contribution < 1.29 is 14.3 Å². The number of thiazole rings is 1. The Hall–Kier alpha value is -3.50. The van der Waals surface area contributed by atoms with Gasteiger partial charge in [-0.1, -0.05) is 29.0 Å². The van der Waals surface area contributed by atoms with Gasteiger partial charge in [0.05, 0.1) is 29.1 Å². The third-order valence-corrected chi connectivity index (χ3v) is 6.34. The van der Waals surface area contributed by atoms with Crippen LogP contribution in [0.15, 0.2) is 47.5 Å². The number of aryl methyl sites for hydroxylation is 1. The molecule has 2 aromatic carbocycles. The van der Waals surface area contributed by atoms with Gasteiger partial charge in [0, 0.05) is 18.8 Å². The summed E-state index contributed by atoms with van der Waals surface area (Å²) in [5.41, 5.74) is 6.10. The summed E-state index contributed by atoms with van der Waals surface area (Å²) < 4.78 is 6.39. The number of aromatic nitrogens is 1. The fourth-order valence-electron chi connectivity index (χ4n) is 3.52. The minimum absolute atomic E-state index is 0.0867. The number of fused-ring (bicyclic) bond motifs is 1. The Labute approximate surface area is 188 Å². The quantitative estimate of drug-likeness (QED) is 0.633. The lowest BCUT2D eigenvalue weighted by Crippen LogP contribution is -2.54. The molecule has 2 aliphatic heterocycles. The second kappa shape index (κ2) is 8.56. The highest BCUT2D eigenvalue weighted by Crippen LogP contribution is 2.31. The minimum atomic E-state index is -0.410. The lowest BCUT2D eigenvalue weighted by molar-refractivity contribution is -0.118. The van der Waals surface area contributed by atoms with E-state index in [4.69, 9.17) is 9.72 Å². The zero-order chi connectivity index (χ0) is 22.1. The summed E-state index contributed by atoms with van der Waals surface area (Å²) in [6.07, 6.45) is 0. The van der Waals surface area contributed by atoms with Gasteiger partial charge in [-0.3, -0.25) is 20.0 Å². The highest BCUT2D eigenvalue weighted by molar-refractivity contribution is 7.22. The van der Waals surface area contributed by atoms with Gasteiger partial charge in [-0.15, -0.1) is 0 Å². The molecule has 0 saturated carbocycles. The summed E-state index contributed by atoms with van der Waals surface area (Å²) in [5.74, 6) is -0.553. The molecule has 5 rings (SSSR count). The summed E-state index contributed by atoms with van der Waals surface area (Å²) in [5, 5.41) is 5.17. The molecule has 2 N–H and O–H groups in total. The summed E-state index contributed by atoms with van der Waals surface area (Å²) in [4.78, 5) is 36.1. The molecular formula is C22H22N6O3S. The van der Waals surface area contributed by atoms with Gasteiger partial charge in [0.15, 0.2) is 5.13 Å². The van der Waals surface area contributed by atoms with Gasteiger partial charge in [-0.2, -0.15) is 0 Å². The first kappa shape index (κ1) is 20.4. The van der Waals surface area contributed by atoms with Crippen molar-refractivity contribution in [3.8, 4) is 0 Å². The van der Waals surface area contributed by atoms with Crippen LogP contribution in [0.3, 0.4) is 0 Å². The largest absolute Gasteiger partial charge is 0.378 e. The Bertz CT molecular complexity index is 1200. The Morgan fingerprint density at radius 3 is 2.72 bits per heavy atom. The number of carbonyl (C=O) groups is 2. The molecule has 3 aromatic rings. The number of morpholine rings is 1. The normalized spacial score (nSPS) is 16.7. The molecule has 1 saturated heterocycles. The van der Waals surface area contributed by atoms with Crippen LogP contribution in [0, 0.1) is 6.92 Å². The number of benzene rings is 2.